The highest BCUT2D eigenvalue weighted by molar-refractivity contribution is 9.10. The molecule has 1 saturated heterocycles. The number of aromatic nitrogens is 1. The van der Waals surface area contributed by atoms with Crippen LogP contribution in [0.3, 0.4) is 0 Å². The van der Waals surface area contributed by atoms with Gasteiger partial charge in [-0.1, -0.05) is 13.3 Å². The topological polar surface area (TPSA) is 77.6 Å². The molecule has 0 amide bonds. The Morgan fingerprint density at radius 1 is 1.68 bits per heavy atom. The Balaban J connectivity index is 2.09. The van der Waals surface area contributed by atoms with Crippen LogP contribution < -0.4 is 5.73 Å². The van der Waals surface area contributed by atoms with Crippen LogP contribution in [0.15, 0.2) is 9.98 Å². The fourth-order valence-electron chi connectivity index (χ4n) is 2.78. The van der Waals surface area contributed by atoms with E-state index in [0.29, 0.717) is 26.2 Å². The number of hydrogen-bond acceptors (Lipinski definition) is 6. The summed E-state index contributed by atoms with van der Waals surface area (Å²) in [6.45, 7) is 5.47. The maximum atomic E-state index is 10.6. The predicted octanol–water partition coefficient (Wildman–Crippen LogP) is 2.66. The quantitative estimate of drug-likeness (QED) is 0.697. The van der Waals surface area contributed by atoms with E-state index >= 15 is 0 Å². The Bertz CT molecular complexity index is 473. The summed E-state index contributed by atoms with van der Waals surface area (Å²) in [5.41, 5.74) is 5.85. The number of ether oxygens (including phenoxy) is 2. The lowest BCUT2D eigenvalue weighted by Gasteiger charge is -2.44. The molecule has 1 unspecified atom stereocenters. The van der Waals surface area contributed by atoms with E-state index < -0.39 is 11.6 Å². The van der Waals surface area contributed by atoms with E-state index in [1.807, 2.05) is 12.3 Å². The second-order valence-electron chi connectivity index (χ2n) is 5.98. The molecule has 1 fully saturated rings. The highest BCUT2D eigenvalue weighted by atomic mass is 79.9. The average Bonchev–Trinajstić information content (AvgIpc) is 2.93. The Morgan fingerprint density at radius 3 is 3.09 bits per heavy atom. The fraction of sp³-hybridized carbons (Fsp3) is 0.800. The van der Waals surface area contributed by atoms with Gasteiger partial charge < -0.3 is 20.3 Å². The van der Waals surface area contributed by atoms with Gasteiger partial charge >= 0.3 is 0 Å². The molecule has 1 aromatic rings. The number of nitrogens with two attached hydrogens (primary N) is 1. The molecule has 1 aliphatic rings. The van der Waals surface area contributed by atoms with E-state index in [4.69, 9.17) is 15.2 Å². The Hall–Kier alpha value is -0.0500. The standard InChI is InChI=1S/C15H25BrN2O3S/c1-3-4-5-20-7-12(19)11-6-10(2)21-9-15(11,17)14-18-13(16)8-22-14/h8,10-12,19H,3-7,9,17H2,1-2H3/t10-,11?,12+,15-/m0/s1. The molecule has 0 spiro atoms. The van der Waals surface area contributed by atoms with Crippen molar-refractivity contribution >= 4 is 27.3 Å². The van der Waals surface area contributed by atoms with E-state index in [-0.39, 0.29) is 12.0 Å². The number of halogens is 1. The van der Waals surface area contributed by atoms with Gasteiger partial charge in [-0.15, -0.1) is 11.3 Å². The van der Waals surface area contributed by atoms with Crippen molar-refractivity contribution in [3.05, 3.63) is 15.0 Å². The van der Waals surface area contributed by atoms with Gasteiger partial charge in [-0.25, -0.2) is 4.98 Å². The van der Waals surface area contributed by atoms with Crippen molar-refractivity contribution in [1.29, 1.82) is 0 Å². The molecule has 0 aromatic carbocycles. The Labute approximate surface area is 144 Å². The Morgan fingerprint density at radius 2 is 2.45 bits per heavy atom. The number of unbranched alkanes of at least 4 members (excludes halogenated alkanes) is 1. The number of aliphatic hydroxyl groups is 1. The molecule has 22 heavy (non-hydrogen) atoms. The zero-order valence-corrected chi connectivity index (χ0v) is 15.5. The maximum absolute atomic E-state index is 10.6. The van der Waals surface area contributed by atoms with Crippen molar-refractivity contribution in [2.24, 2.45) is 11.7 Å². The van der Waals surface area contributed by atoms with E-state index in [1.165, 1.54) is 11.3 Å². The molecule has 0 aliphatic carbocycles. The van der Waals surface area contributed by atoms with Crippen LogP contribution in [0.1, 0.15) is 38.1 Å². The van der Waals surface area contributed by atoms with Gasteiger partial charge in [0, 0.05) is 17.9 Å². The van der Waals surface area contributed by atoms with E-state index in [0.717, 1.165) is 22.5 Å². The minimum atomic E-state index is -0.767. The minimum absolute atomic E-state index is 0.0790. The highest BCUT2D eigenvalue weighted by Crippen LogP contribution is 2.39. The van der Waals surface area contributed by atoms with Crippen molar-refractivity contribution < 1.29 is 14.6 Å². The summed E-state index contributed by atoms with van der Waals surface area (Å²) in [4.78, 5) is 4.45. The van der Waals surface area contributed by atoms with Crippen molar-refractivity contribution in [1.82, 2.24) is 4.98 Å². The molecular formula is C15H25BrN2O3S. The van der Waals surface area contributed by atoms with Crippen LogP contribution in [0.2, 0.25) is 0 Å². The molecule has 1 aliphatic heterocycles. The molecule has 4 atom stereocenters. The normalized spacial score (nSPS) is 30.4. The predicted molar refractivity (Wildman–Crippen MR) is 90.9 cm³/mol. The van der Waals surface area contributed by atoms with E-state index in [9.17, 15) is 5.11 Å². The largest absolute Gasteiger partial charge is 0.390 e. The second-order valence-corrected chi connectivity index (χ2v) is 7.65. The molecule has 1 aromatic heterocycles. The van der Waals surface area contributed by atoms with Crippen LogP contribution in [-0.4, -0.2) is 42.1 Å². The summed E-state index contributed by atoms with van der Waals surface area (Å²) < 4.78 is 12.1. The molecule has 2 heterocycles. The van der Waals surface area contributed by atoms with Gasteiger partial charge in [-0.2, -0.15) is 0 Å². The number of aliphatic hydroxyl groups excluding tert-OH is 1. The van der Waals surface area contributed by atoms with Gasteiger partial charge in [0.1, 0.15) is 9.61 Å². The average molecular weight is 393 g/mol. The Kier molecular flexibility index (Phi) is 6.79. The van der Waals surface area contributed by atoms with Gasteiger partial charge in [0.15, 0.2) is 0 Å². The summed E-state index contributed by atoms with van der Waals surface area (Å²) in [6.07, 6.45) is 2.25. The third-order valence-electron chi connectivity index (χ3n) is 4.12. The molecule has 5 nitrogen and oxygen atoms in total. The molecule has 0 saturated carbocycles. The first kappa shape index (κ1) is 18.3. The van der Waals surface area contributed by atoms with Crippen LogP contribution >= 0.6 is 27.3 Å². The minimum Gasteiger partial charge on any atom is -0.390 e. The monoisotopic (exact) mass is 392 g/mol. The van der Waals surface area contributed by atoms with E-state index in [1.54, 1.807) is 0 Å². The van der Waals surface area contributed by atoms with Crippen molar-refractivity contribution in [3.63, 3.8) is 0 Å². The lowest BCUT2D eigenvalue weighted by molar-refractivity contribution is -0.106. The summed E-state index contributed by atoms with van der Waals surface area (Å²) in [5.74, 6) is -0.129. The third kappa shape index (κ3) is 4.27. The lowest BCUT2D eigenvalue weighted by atomic mass is 9.76. The van der Waals surface area contributed by atoms with Crippen LogP contribution in [0.25, 0.3) is 0 Å². The van der Waals surface area contributed by atoms with Gasteiger partial charge in [0.05, 0.1) is 31.0 Å². The number of hydrogen-bond donors (Lipinski definition) is 2. The molecule has 2 rings (SSSR count). The molecule has 0 bridgehead atoms. The number of rotatable bonds is 7. The first-order valence-electron chi connectivity index (χ1n) is 7.75. The first-order chi connectivity index (χ1) is 10.5. The van der Waals surface area contributed by atoms with Crippen LogP contribution in [0.4, 0.5) is 0 Å². The summed E-state index contributed by atoms with van der Waals surface area (Å²) >= 11 is 4.86. The van der Waals surface area contributed by atoms with Gasteiger partial charge in [0.2, 0.25) is 0 Å². The summed E-state index contributed by atoms with van der Waals surface area (Å²) in [5, 5.41) is 13.3. The van der Waals surface area contributed by atoms with Crippen LogP contribution in [-0.2, 0) is 15.0 Å². The van der Waals surface area contributed by atoms with Gasteiger partial charge in [-0.05, 0) is 35.7 Å². The second kappa shape index (κ2) is 8.17. The smallest absolute Gasteiger partial charge is 0.117 e. The van der Waals surface area contributed by atoms with Gasteiger partial charge in [0.25, 0.3) is 0 Å². The number of thiazole rings is 1. The zero-order valence-electron chi connectivity index (χ0n) is 13.1. The summed E-state index contributed by atoms with van der Waals surface area (Å²) in [7, 11) is 0. The van der Waals surface area contributed by atoms with Crippen molar-refractivity contribution in [2.75, 3.05) is 19.8 Å². The molecule has 7 heteroatoms. The number of nitrogens with zero attached hydrogens (tertiary/aromatic N) is 1. The van der Waals surface area contributed by atoms with Crippen LogP contribution in [0.5, 0.6) is 0 Å². The molecule has 126 valence electrons. The molecule has 0 radical (unpaired) electrons. The lowest BCUT2D eigenvalue weighted by Crippen LogP contribution is -2.57. The fourth-order valence-corrected chi connectivity index (χ4v) is 4.20. The molecular weight excluding hydrogens is 368 g/mol. The first-order valence-corrected chi connectivity index (χ1v) is 9.42. The van der Waals surface area contributed by atoms with Gasteiger partial charge in [-0.3, -0.25) is 0 Å². The highest BCUT2D eigenvalue weighted by Gasteiger charge is 2.47. The molecule has 3 N–H and O–H groups in total. The maximum Gasteiger partial charge on any atom is 0.117 e. The van der Waals surface area contributed by atoms with E-state index in [2.05, 4.69) is 27.8 Å². The van der Waals surface area contributed by atoms with Crippen LogP contribution in [0, 0.1) is 5.92 Å². The zero-order chi connectivity index (χ0) is 16.2. The SMILES string of the molecule is CCCCOC[C@@H](O)C1C[C@H](C)OC[C@@]1(N)c1nc(Br)cs1. The van der Waals surface area contributed by atoms with Crippen molar-refractivity contribution in [2.45, 2.75) is 50.9 Å². The van der Waals surface area contributed by atoms with Crippen molar-refractivity contribution in [3.8, 4) is 0 Å². The summed E-state index contributed by atoms with van der Waals surface area (Å²) in [6, 6.07) is 0. The third-order valence-corrected chi connectivity index (χ3v) is 5.87.